The van der Waals surface area contributed by atoms with Crippen LogP contribution < -0.4 is 10.1 Å². The highest BCUT2D eigenvalue weighted by Crippen LogP contribution is 2.22. The van der Waals surface area contributed by atoms with Gasteiger partial charge in [0.25, 0.3) is 0 Å². The Morgan fingerprint density at radius 3 is 2.70 bits per heavy atom. The Hall–Kier alpha value is -2.39. The van der Waals surface area contributed by atoms with Crippen molar-refractivity contribution in [1.82, 2.24) is 14.8 Å². The Kier molecular flexibility index (Phi) is 5.02. The zero-order chi connectivity index (χ0) is 17.0. The average Bonchev–Trinajstić information content (AvgIpc) is 2.84. The lowest BCUT2D eigenvalue weighted by Crippen LogP contribution is -2.18. The van der Waals surface area contributed by atoms with Crippen molar-refractivity contribution in [2.24, 2.45) is 0 Å². The summed E-state index contributed by atoms with van der Waals surface area (Å²) < 4.78 is 66.2. The average molecular weight is 336 g/mol. The molecule has 1 heterocycles. The van der Waals surface area contributed by atoms with Crippen molar-refractivity contribution in [3.05, 3.63) is 35.7 Å². The summed E-state index contributed by atoms with van der Waals surface area (Å²) in [6.45, 7) is -2.40. The molecule has 0 aliphatic carbocycles. The maximum absolute atomic E-state index is 12.3. The Bertz CT molecular complexity index is 656. The molecule has 1 aromatic carbocycles. The molecule has 10 heteroatoms. The number of hydrogen-bond acceptors (Lipinski definition) is 4. The fourth-order valence-corrected chi connectivity index (χ4v) is 1.79. The molecule has 0 unspecified atom stereocenters. The van der Waals surface area contributed by atoms with Gasteiger partial charge in [0.05, 0.1) is 0 Å². The second kappa shape index (κ2) is 6.80. The predicted molar refractivity (Wildman–Crippen MR) is 71.2 cm³/mol. The van der Waals surface area contributed by atoms with Gasteiger partial charge in [-0.3, -0.25) is 0 Å². The molecule has 1 aromatic heterocycles. The molecule has 2 rings (SSSR count). The second-order valence-corrected chi connectivity index (χ2v) is 4.71. The monoisotopic (exact) mass is 336 g/mol. The molecule has 5 nitrogen and oxygen atoms in total. The minimum Gasteiger partial charge on any atom is -0.435 e. The van der Waals surface area contributed by atoms with E-state index in [0.717, 1.165) is 6.33 Å². The van der Waals surface area contributed by atoms with Crippen LogP contribution in [-0.2, 0) is 13.1 Å². The molecule has 0 saturated heterocycles. The van der Waals surface area contributed by atoms with Crippen molar-refractivity contribution in [2.45, 2.75) is 32.8 Å². The number of aromatic nitrogens is 3. The van der Waals surface area contributed by atoms with Crippen LogP contribution in [0.3, 0.4) is 0 Å². The molecule has 126 valence electrons. The molecule has 0 amide bonds. The minimum absolute atomic E-state index is 0.00570. The van der Waals surface area contributed by atoms with Gasteiger partial charge in [-0.1, -0.05) is 12.1 Å². The third-order valence-corrected chi connectivity index (χ3v) is 2.80. The number of halogens is 5. The van der Waals surface area contributed by atoms with E-state index in [-0.39, 0.29) is 18.2 Å². The first kappa shape index (κ1) is 17.0. The van der Waals surface area contributed by atoms with E-state index in [2.05, 4.69) is 20.1 Å². The molecular formula is C13H13F5N4O. The zero-order valence-electron chi connectivity index (χ0n) is 11.9. The highest BCUT2D eigenvalue weighted by Gasteiger charge is 2.28. The number of rotatable bonds is 6. The molecule has 0 atom stereocenters. The van der Waals surface area contributed by atoms with Gasteiger partial charge in [0.1, 0.15) is 18.6 Å². The number of benzene rings is 1. The topological polar surface area (TPSA) is 52.0 Å². The first-order valence-electron chi connectivity index (χ1n) is 6.47. The lowest BCUT2D eigenvalue weighted by Gasteiger charge is -2.10. The maximum Gasteiger partial charge on any atom is 0.408 e. The number of anilines is 1. The van der Waals surface area contributed by atoms with Crippen molar-refractivity contribution < 1.29 is 26.7 Å². The summed E-state index contributed by atoms with van der Waals surface area (Å²) in [6.07, 6.45) is -3.43. The molecule has 0 saturated carbocycles. The number of nitrogens with zero attached hydrogens (tertiary/aromatic N) is 3. The van der Waals surface area contributed by atoms with Gasteiger partial charge in [-0.15, -0.1) is 5.10 Å². The largest absolute Gasteiger partial charge is 0.435 e. The molecule has 2 aromatic rings. The van der Waals surface area contributed by atoms with Gasteiger partial charge in [0.15, 0.2) is 0 Å². The summed E-state index contributed by atoms with van der Waals surface area (Å²) in [4.78, 5) is 3.69. The zero-order valence-corrected chi connectivity index (χ0v) is 11.9. The molecule has 23 heavy (non-hydrogen) atoms. The summed E-state index contributed by atoms with van der Waals surface area (Å²) in [5.41, 5.74) is 1.14. The summed E-state index contributed by atoms with van der Waals surface area (Å²) in [5.74, 6) is 0.0426. The van der Waals surface area contributed by atoms with Crippen LogP contribution >= 0.6 is 0 Å². The standard InChI is InChI=1S/C13H13F5N4O/c1-8-2-3-9(4-10(8)23-11(14)15)5-19-12-20-7-22(21-12)6-13(16,17)18/h2-4,7,11H,5-6H2,1H3,(H,19,21). The molecule has 0 fully saturated rings. The van der Waals surface area contributed by atoms with Crippen molar-refractivity contribution >= 4 is 5.95 Å². The van der Waals surface area contributed by atoms with Crippen LogP contribution in [0, 0.1) is 6.92 Å². The number of alkyl halides is 5. The summed E-state index contributed by atoms with van der Waals surface area (Å²) >= 11 is 0. The van der Waals surface area contributed by atoms with Gasteiger partial charge >= 0.3 is 12.8 Å². The third kappa shape index (κ3) is 5.38. The number of aryl methyl sites for hydroxylation is 1. The quantitative estimate of drug-likeness (QED) is 0.822. The van der Waals surface area contributed by atoms with E-state index in [0.29, 0.717) is 15.8 Å². The van der Waals surface area contributed by atoms with Gasteiger partial charge in [-0.05, 0) is 24.1 Å². The number of hydrogen-bond donors (Lipinski definition) is 1. The highest BCUT2D eigenvalue weighted by atomic mass is 19.4. The van der Waals surface area contributed by atoms with Crippen molar-refractivity contribution in [3.63, 3.8) is 0 Å². The Balaban J connectivity index is 1.98. The summed E-state index contributed by atoms with van der Waals surface area (Å²) in [7, 11) is 0. The van der Waals surface area contributed by atoms with E-state index in [1.807, 2.05) is 0 Å². The van der Waals surface area contributed by atoms with E-state index < -0.39 is 19.3 Å². The minimum atomic E-state index is -4.39. The van der Waals surface area contributed by atoms with Gasteiger partial charge in [-0.25, -0.2) is 9.67 Å². The number of ether oxygens (including phenoxy) is 1. The third-order valence-electron chi connectivity index (χ3n) is 2.80. The predicted octanol–water partition coefficient (Wildman–Crippen LogP) is 3.36. The molecule has 0 aliphatic rings. The van der Waals surface area contributed by atoms with E-state index in [1.165, 1.54) is 6.07 Å². The van der Waals surface area contributed by atoms with Crippen molar-refractivity contribution in [3.8, 4) is 5.75 Å². The van der Waals surface area contributed by atoms with E-state index in [9.17, 15) is 22.0 Å². The van der Waals surface area contributed by atoms with Crippen LogP contribution in [0.2, 0.25) is 0 Å². The normalized spacial score (nSPS) is 11.8. The highest BCUT2D eigenvalue weighted by molar-refractivity contribution is 5.38. The summed E-state index contributed by atoms with van der Waals surface area (Å²) in [5, 5.41) is 6.34. The van der Waals surface area contributed by atoms with Gasteiger partial charge < -0.3 is 10.1 Å². The molecule has 0 bridgehead atoms. The summed E-state index contributed by atoms with van der Waals surface area (Å²) in [6, 6.07) is 4.69. The maximum atomic E-state index is 12.3. The van der Waals surface area contributed by atoms with Gasteiger partial charge in [0.2, 0.25) is 5.95 Å². The lowest BCUT2D eigenvalue weighted by molar-refractivity contribution is -0.142. The van der Waals surface area contributed by atoms with Crippen LogP contribution in [0.15, 0.2) is 24.5 Å². The van der Waals surface area contributed by atoms with E-state index in [1.54, 1.807) is 19.1 Å². The molecule has 1 N–H and O–H groups in total. The van der Waals surface area contributed by atoms with Crippen LogP contribution in [0.5, 0.6) is 5.75 Å². The Labute approximate surface area is 128 Å². The number of nitrogens with one attached hydrogen (secondary N) is 1. The first-order chi connectivity index (χ1) is 10.7. The van der Waals surface area contributed by atoms with Crippen molar-refractivity contribution in [2.75, 3.05) is 5.32 Å². The van der Waals surface area contributed by atoms with E-state index in [4.69, 9.17) is 0 Å². The molecule has 0 aliphatic heterocycles. The second-order valence-electron chi connectivity index (χ2n) is 4.71. The Morgan fingerprint density at radius 2 is 2.04 bits per heavy atom. The van der Waals surface area contributed by atoms with Crippen LogP contribution in [0.1, 0.15) is 11.1 Å². The SMILES string of the molecule is Cc1ccc(CNc2ncn(CC(F)(F)F)n2)cc1OC(F)F. The smallest absolute Gasteiger partial charge is 0.408 e. The molecule has 0 radical (unpaired) electrons. The van der Waals surface area contributed by atoms with Crippen LogP contribution in [0.25, 0.3) is 0 Å². The Morgan fingerprint density at radius 1 is 1.30 bits per heavy atom. The van der Waals surface area contributed by atoms with E-state index >= 15 is 0 Å². The van der Waals surface area contributed by atoms with Crippen LogP contribution in [-0.4, -0.2) is 27.6 Å². The lowest BCUT2D eigenvalue weighted by atomic mass is 10.1. The van der Waals surface area contributed by atoms with Gasteiger partial charge in [0, 0.05) is 6.54 Å². The molecule has 0 spiro atoms. The van der Waals surface area contributed by atoms with Gasteiger partial charge in [-0.2, -0.15) is 22.0 Å². The fraction of sp³-hybridized carbons (Fsp3) is 0.385. The first-order valence-corrected chi connectivity index (χ1v) is 6.47. The van der Waals surface area contributed by atoms with Crippen LogP contribution in [0.4, 0.5) is 27.9 Å². The fourth-order valence-electron chi connectivity index (χ4n) is 1.79. The molecular weight excluding hydrogens is 323 g/mol. The van der Waals surface area contributed by atoms with Crippen molar-refractivity contribution in [1.29, 1.82) is 0 Å².